The lowest BCUT2D eigenvalue weighted by molar-refractivity contribution is -0.170. The molecule has 2 aromatic heterocycles. The van der Waals surface area contributed by atoms with E-state index in [2.05, 4.69) is 10.1 Å². The van der Waals surface area contributed by atoms with Crippen molar-refractivity contribution in [3.8, 4) is 0 Å². The number of fused-ring (bicyclic) bond motifs is 1. The third kappa shape index (κ3) is 6.82. The van der Waals surface area contributed by atoms with Crippen LogP contribution in [0.15, 0.2) is 12.1 Å². The summed E-state index contributed by atoms with van der Waals surface area (Å²) in [5.74, 6) is -4.46. The molecule has 1 amide bonds. The Hall–Kier alpha value is -3.75. The topological polar surface area (TPSA) is 183 Å². The minimum Gasteiger partial charge on any atom is -0.481 e. The molecule has 0 aromatic carbocycles. The third-order valence-corrected chi connectivity index (χ3v) is 6.74. The fourth-order valence-electron chi connectivity index (χ4n) is 4.52. The maximum atomic E-state index is 13.4. The molecular formula is C24H29F3N4O8. The molecule has 3 heterocycles. The normalized spacial score (nSPS) is 20.9. The van der Waals surface area contributed by atoms with Crippen LogP contribution in [-0.4, -0.2) is 75.9 Å². The van der Waals surface area contributed by atoms with E-state index in [1.807, 2.05) is 6.92 Å². The SMILES string of the molecule is CCc1cc(C(F)(F)F)n2nc(C3CCCN3C(=O)C3CC3C)cc2n1.O=C(O)CC(O)(CC(=O)O)C(=O)O. The molecule has 3 unspecified atom stereocenters. The van der Waals surface area contributed by atoms with Gasteiger partial charge in [-0.05, 0) is 37.7 Å². The van der Waals surface area contributed by atoms with E-state index in [1.165, 1.54) is 0 Å². The van der Waals surface area contributed by atoms with Crippen LogP contribution in [0, 0.1) is 11.8 Å². The van der Waals surface area contributed by atoms with Crippen molar-refractivity contribution in [3.63, 3.8) is 0 Å². The van der Waals surface area contributed by atoms with Crippen LogP contribution in [0.2, 0.25) is 0 Å². The number of aromatic nitrogens is 3. The van der Waals surface area contributed by atoms with Crippen molar-refractivity contribution < 1.29 is 52.8 Å². The van der Waals surface area contributed by atoms with Crippen molar-refractivity contribution in [2.24, 2.45) is 11.8 Å². The Kier molecular flexibility index (Phi) is 8.53. The number of alkyl halides is 3. The summed E-state index contributed by atoms with van der Waals surface area (Å²) in [5.41, 5.74) is -2.50. The molecule has 2 aromatic rings. The highest BCUT2D eigenvalue weighted by molar-refractivity contribution is 5.88. The fraction of sp³-hybridized carbons (Fsp3) is 0.583. The molecule has 15 heteroatoms. The number of aliphatic carboxylic acids is 3. The number of hydrogen-bond acceptors (Lipinski definition) is 7. The Morgan fingerprint density at radius 1 is 1.08 bits per heavy atom. The zero-order chi connectivity index (χ0) is 29.3. The molecule has 39 heavy (non-hydrogen) atoms. The Morgan fingerprint density at radius 2 is 1.67 bits per heavy atom. The number of likely N-dealkylation sites (tertiary alicyclic amines) is 1. The molecule has 0 bridgehead atoms. The van der Waals surface area contributed by atoms with Gasteiger partial charge in [0.15, 0.2) is 11.2 Å². The predicted octanol–water partition coefficient (Wildman–Crippen LogP) is 2.38. The maximum Gasteiger partial charge on any atom is 0.433 e. The van der Waals surface area contributed by atoms with E-state index in [0.717, 1.165) is 29.8 Å². The van der Waals surface area contributed by atoms with E-state index in [-0.39, 0.29) is 23.5 Å². The summed E-state index contributed by atoms with van der Waals surface area (Å²) in [6, 6.07) is 2.39. The van der Waals surface area contributed by atoms with Crippen LogP contribution in [0.1, 0.15) is 69.1 Å². The minimum atomic E-state index is -4.51. The number of carbonyl (C=O) groups is 4. The Labute approximate surface area is 220 Å². The van der Waals surface area contributed by atoms with Gasteiger partial charge in [0, 0.05) is 24.2 Å². The molecule has 2 aliphatic rings. The standard InChI is InChI=1S/C18H21F3N4O.C6H8O7/c1-3-11-8-15(18(19,20)21)25-16(22-11)9-13(23-25)14-5-4-6-24(14)17(26)12-7-10(12)2;7-3(8)1-6(13,5(11)12)2-4(9)10/h8-10,12,14H,3-7H2,1-2H3;13H,1-2H2,(H,7,8)(H,9,10)(H,11,12). The second-order valence-corrected chi connectivity index (χ2v) is 9.81. The summed E-state index contributed by atoms with van der Waals surface area (Å²) < 4.78 is 41.2. The first-order valence-corrected chi connectivity index (χ1v) is 12.2. The number of rotatable bonds is 8. The summed E-state index contributed by atoms with van der Waals surface area (Å²) in [6.07, 6.45) is -3.93. The van der Waals surface area contributed by atoms with Crippen molar-refractivity contribution in [1.82, 2.24) is 19.5 Å². The van der Waals surface area contributed by atoms with Crippen LogP contribution >= 0.6 is 0 Å². The first kappa shape index (κ1) is 29.8. The summed E-state index contributed by atoms with van der Waals surface area (Å²) in [7, 11) is 0. The fourth-order valence-corrected chi connectivity index (χ4v) is 4.52. The van der Waals surface area contributed by atoms with Gasteiger partial charge in [0.25, 0.3) is 0 Å². The van der Waals surface area contributed by atoms with Gasteiger partial charge in [-0.15, -0.1) is 0 Å². The number of aliphatic hydroxyl groups is 1. The molecule has 4 N–H and O–H groups in total. The van der Waals surface area contributed by atoms with Gasteiger partial charge in [0.1, 0.15) is 5.69 Å². The van der Waals surface area contributed by atoms with Crippen LogP contribution in [0.25, 0.3) is 5.65 Å². The Morgan fingerprint density at radius 3 is 2.13 bits per heavy atom. The monoisotopic (exact) mass is 558 g/mol. The molecular weight excluding hydrogens is 529 g/mol. The van der Waals surface area contributed by atoms with Crippen LogP contribution in [0.4, 0.5) is 13.2 Å². The minimum absolute atomic E-state index is 0.0585. The molecule has 1 aliphatic heterocycles. The zero-order valence-corrected chi connectivity index (χ0v) is 21.2. The van der Waals surface area contributed by atoms with Crippen LogP contribution in [0.5, 0.6) is 0 Å². The molecule has 0 spiro atoms. The van der Waals surface area contributed by atoms with E-state index in [9.17, 15) is 32.3 Å². The van der Waals surface area contributed by atoms with E-state index in [4.69, 9.17) is 20.4 Å². The zero-order valence-electron chi connectivity index (χ0n) is 21.2. The average Bonchev–Trinajstić information content (AvgIpc) is 3.20. The van der Waals surface area contributed by atoms with E-state index < -0.39 is 48.2 Å². The molecule has 214 valence electrons. The van der Waals surface area contributed by atoms with Gasteiger partial charge in [0.2, 0.25) is 5.91 Å². The summed E-state index contributed by atoms with van der Waals surface area (Å²) in [6.45, 7) is 4.45. The highest BCUT2D eigenvalue weighted by atomic mass is 19.4. The van der Waals surface area contributed by atoms with Gasteiger partial charge in [-0.25, -0.2) is 14.3 Å². The van der Waals surface area contributed by atoms with Crippen molar-refractivity contribution in [3.05, 3.63) is 29.2 Å². The van der Waals surface area contributed by atoms with Crippen molar-refractivity contribution in [1.29, 1.82) is 0 Å². The van der Waals surface area contributed by atoms with Gasteiger partial charge in [-0.2, -0.15) is 18.3 Å². The predicted molar refractivity (Wildman–Crippen MR) is 125 cm³/mol. The highest BCUT2D eigenvalue weighted by Gasteiger charge is 2.45. The Balaban J connectivity index is 0.000000276. The molecule has 4 rings (SSSR count). The van der Waals surface area contributed by atoms with Gasteiger partial charge >= 0.3 is 24.1 Å². The second-order valence-electron chi connectivity index (χ2n) is 9.81. The Bertz CT molecular complexity index is 1260. The second kappa shape index (κ2) is 11.2. The van der Waals surface area contributed by atoms with E-state index >= 15 is 0 Å². The molecule has 1 saturated heterocycles. The number of aryl methyl sites for hydroxylation is 1. The van der Waals surface area contributed by atoms with Crippen LogP contribution < -0.4 is 0 Å². The highest BCUT2D eigenvalue weighted by Crippen LogP contribution is 2.43. The number of carbonyl (C=O) groups excluding carboxylic acids is 1. The third-order valence-electron chi connectivity index (χ3n) is 6.74. The average molecular weight is 559 g/mol. The van der Waals surface area contributed by atoms with Gasteiger partial charge < -0.3 is 25.3 Å². The van der Waals surface area contributed by atoms with Gasteiger partial charge in [-0.3, -0.25) is 14.4 Å². The largest absolute Gasteiger partial charge is 0.481 e. The quantitative estimate of drug-likeness (QED) is 0.375. The van der Waals surface area contributed by atoms with Crippen molar-refractivity contribution in [2.45, 2.75) is 70.2 Å². The molecule has 3 atom stereocenters. The maximum absolute atomic E-state index is 13.4. The lowest BCUT2D eigenvalue weighted by atomic mass is 9.96. The molecule has 2 fully saturated rings. The molecule has 12 nitrogen and oxygen atoms in total. The van der Waals surface area contributed by atoms with Crippen molar-refractivity contribution >= 4 is 29.5 Å². The molecule has 1 aliphatic carbocycles. The number of carboxylic acids is 3. The summed E-state index contributed by atoms with van der Waals surface area (Å²) in [4.78, 5) is 49.2. The number of carboxylic acid groups (broad SMARTS) is 3. The van der Waals surface area contributed by atoms with Crippen molar-refractivity contribution in [2.75, 3.05) is 6.54 Å². The lowest BCUT2D eigenvalue weighted by Crippen LogP contribution is -2.42. The van der Waals surface area contributed by atoms with E-state index in [0.29, 0.717) is 30.3 Å². The lowest BCUT2D eigenvalue weighted by Gasteiger charge is -2.23. The smallest absolute Gasteiger partial charge is 0.433 e. The number of halogens is 3. The van der Waals surface area contributed by atoms with Gasteiger partial charge in [0.05, 0.1) is 24.6 Å². The number of amides is 1. The summed E-state index contributed by atoms with van der Waals surface area (Å²) >= 11 is 0. The number of hydrogen-bond donors (Lipinski definition) is 4. The van der Waals surface area contributed by atoms with E-state index in [1.54, 1.807) is 17.9 Å². The van der Waals surface area contributed by atoms with Crippen LogP contribution in [-0.2, 0) is 31.8 Å². The summed E-state index contributed by atoms with van der Waals surface area (Å²) in [5, 5.41) is 38.0. The van der Waals surface area contributed by atoms with Gasteiger partial charge in [-0.1, -0.05) is 13.8 Å². The first-order valence-electron chi connectivity index (χ1n) is 12.2. The molecule has 1 saturated carbocycles. The number of nitrogens with zero attached hydrogens (tertiary/aromatic N) is 4. The molecule has 0 radical (unpaired) electrons. The first-order chi connectivity index (χ1) is 18.1. The van der Waals surface area contributed by atoms with Crippen LogP contribution in [0.3, 0.4) is 0 Å².